The maximum absolute atomic E-state index is 7.59. The first kappa shape index (κ1) is 4.43. The third-order valence-electron chi connectivity index (χ3n) is 1.75. The molecule has 0 spiro atoms. The molecule has 0 unspecified atom stereocenters. The van der Waals surface area contributed by atoms with Gasteiger partial charge in [0, 0.05) is 7.04 Å². The van der Waals surface area contributed by atoms with E-state index in [0.717, 1.165) is 5.56 Å². The van der Waals surface area contributed by atoms with Gasteiger partial charge in [0.15, 0.2) is 0 Å². The minimum Gasteiger partial charge on any atom is -0.380 e. The molecule has 1 heteroatoms. The van der Waals surface area contributed by atoms with Crippen molar-refractivity contribution in [2.45, 2.75) is 26.3 Å². The number of hydrogen-bond acceptors (Lipinski definition) is 1. The molecule has 0 N–H and O–H groups in total. The van der Waals surface area contributed by atoms with Crippen LogP contribution in [-0.4, -0.2) is 7.04 Å². The van der Waals surface area contributed by atoms with Crippen LogP contribution in [0.2, 0.25) is 0 Å². The average Bonchev–Trinajstić information content (AvgIpc) is 2.14. The van der Waals surface area contributed by atoms with E-state index in [0.29, 0.717) is 5.92 Å². The summed E-state index contributed by atoms with van der Waals surface area (Å²) in [6.07, 6.45) is 0. The second-order valence-corrected chi connectivity index (χ2v) is 2.98. The smallest absolute Gasteiger partial charge is 0.0713 e. The molecule has 0 saturated heterocycles. The monoisotopic (exact) mass is 169 g/mol. The molecular weight excluding hydrogens is 148 g/mol. The van der Waals surface area contributed by atoms with E-state index in [4.69, 9.17) is 6.85 Å². The third-order valence-corrected chi connectivity index (χ3v) is 1.75. The molecule has 0 atom stereocenters. The Balaban J connectivity index is 2.92. The lowest BCUT2D eigenvalue weighted by Gasteiger charge is -2.05. The van der Waals surface area contributed by atoms with E-state index in [9.17, 15) is 0 Å². The van der Waals surface area contributed by atoms with Crippen molar-refractivity contribution in [2.75, 3.05) is 7.04 Å². The van der Waals surface area contributed by atoms with Crippen LogP contribution in [0.1, 0.15) is 37.7 Å². The Bertz CT molecular complexity index is 366. The number of methoxy groups -OCH3 is 1. The van der Waals surface area contributed by atoms with Gasteiger partial charge in [-0.25, -0.2) is 0 Å². The molecule has 0 aliphatic heterocycles. The zero-order valence-electron chi connectivity index (χ0n) is 12.3. The molecule has 0 heterocycles. The first-order valence-corrected chi connectivity index (χ1v) is 3.92. The van der Waals surface area contributed by atoms with Gasteiger partial charge in [0.1, 0.15) is 0 Å². The second-order valence-electron chi connectivity index (χ2n) is 2.98. The highest BCUT2D eigenvalue weighted by atomic mass is 16.5. The predicted octanol–water partition coefficient (Wildman–Crippen LogP) is 2.96. The molecule has 0 aliphatic carbocycles. The van der Waals surface area contributed by atoms with Crippen molar-refractivity contribution in [1.29, 1.82) is 0 Å². The molecule has 12 heavy (non-hydrogen) atoms. The second kappa shape index (κ2) is 4.27. The van der Waals surface area contributed by atoms with Gasteiger partial charge in [-0.15, -0.1) is 0 Å². The van der Waals surface area contributed by atoms with Gasteiger partial charge in [0.25, 0.3) is 0 Å². The van der Waals surface area contributed by atoms with E-state index in [1.165, 1.54) is 0 Å². The minimum absolute atomic E-state index is 0.207. The molecule has 0 radical (unpaired) electrons. The van der Waals surface area contributed by atoms with Crippen LogP contribution in [0, 0.1) is 0 Å². The number of benzene rings is 1. The van der Waals surface area contributed by atoms with E-state index < -0.39 is 13.6 Å². The molecule has 0 aliphatic rings. The first-order valence-electron chi connectivity index (χ1n) is 6.42. The van der Waals surface area contributed by atoms with Gasteiger partial charge in [0.05, 0.1) is 13.4 Å². The van der Waals surface area contributed by atoms with Crippen LogP contribution in [0.25, 0.3) is 0 Å². The molecule has 66 valence electrons. The maximum atomic E-state index is 7.59. The summed E-state index contributed by atoms with van der Waals surface area (Å²) < 4.78 is 40.4. The quantitative estimate of drug-likeness (QED) is 0.676. The summed E-state index contributed by atoms with van der Waals surface area (Å²) in [6, 6.07) is 6.67. The largest absolute Gasteiger partial charge is 0.380 e. The molecule has 1 nitrogen and oxygen atoms in total. The number of ether oxygens (including phenoxy) is 1. The van der Waals surface area contributed by atoms with Gasteiger partial charge in [0.2, 0.25) is 0 Å². The van der Waals surface area contributed by atoms with Crippen LogP contribution >= 0.6 is 0 Å². The van der Waals surface area contributed by atoms with Gasteiger partial charge in [-0.2, -0.15) is 0 Å². The molecule has 1 aromatic rings. The van der Waals surface area contributed by atoms with Crippen LogP contribution < -0.4 is 0 Å². The van der Waals surface area contributed by atoms with Crippen LogP contribution in [0.3, 0.4) is 0 Å². The van der Waals surface area contributed by atoms with Crippen molar-refractivity contribution >= 4 is 0 Å². The third kappa shape index (κ3) is 2.35. The van der Waals surface area contributed by atoms with E-state index in [2.05, 4.69) is 4.74 Å². The molecule has 1 rings (SSSR count). The highest BCUT2D eigenvalue weighted by Crippen LogP contribution is 2.14. The fourth-order valence-electron chi connectivity index (χ4n) is 0.995. The first-order chi connectivity index (χ1) is 7.62. The Kier molecular flexibility index (Phi) is 1.57. The van der Waals surface area contributed by atoms with Gasteiger partial charge in [-0.3, -0.25) is 0 Å². The van der Waals surface area contributed by atoms with E-state index in [1.807, 2.05) is 13.8 Å². The minimum atomic E-state index is -2.75. The standard InChI is InChI=1S/C11H16O/c1-9(2)11-6-4-10(5-7-11)8-12-3/h4-7,9H,8H2,1-3H3/i3D3,8D2. The van der Waals surface area contributed by atoms with Crippen LogP contribution in [0.5, 0.6) is 0 Å². The Morgan fingerprint density at radius 2 is 2.08 bits per heavy atom. The fraction of sp³-hybridized carbons (Fsp3) is 0.455. The Hall–Kier alpha value is -0.820. The van der Waals surface area contributed by atoms with E-state index in [-0.39, 0.29) is 5.56 Å². The van der Waals surface area contributed by atoms with Crippen LogP contribution in [0.15, 0.2) is 24.3 Å². The van der Waals surface area contributed by atoms with Crippen molar-refractivity contribution in [1.82, 2.24) is 0 Å². The average molecular weight is 169 g/mol. The lowest BCUT2D eigenvalue weighted by Crippen LogP contribution is -1.90. The highest BCUT2D eigenvalue weighted by Gasteiger charge is 1.97. The summed E-state index contributed by atoms with van der Waals surface area (Å²) in [4.78, 5) is 0. The van der Waals surface area contributed by atoms with Crippen molar-refractivity contribution < 1.29 is 11.6 Å². The summed E-state index contributed by atoms with van der Waals surface area (Å²) in [5.74, 6) is 0.346. The summed E-state index contributed by atoms with van der Waals surface area (Å²) >= 11 is 0. The molecule has 0 saturated carbocycles. The van der Waals surface area contributed by atoms with Crippen LogP contribution in [-0.2, 0) is 11.3 Å². The Morgan fingerprint density at radius 1 is 1.42 bits per heavy atom. The Labute approximate surface area is 81.4 Å². The molecule has 0 bridgehead atoms. The summed E-state index contributed by atoms with van der Waals surface area (Å²) in [7, 11) is -2.75. The van der Waals surface area contributed by atoms with Gasteiger partial charge < -0.3 is 4.74 Å². The highest BCUT2D eigenvalue weighted by molar-refractivity contribution is 5.24. The summed E-state index contributed by atoms with van der Waals surface area (Å²) in [6.45, 7) is 1.76. The molecule has 1 aromatic carbocycles. The topological polar surface area (TPSA) is 9.23 Å². The van der Waals surface area contributed by atoms with Crippen molar-refractivity contribution in [3.8, 4) is 0 Å². The zero-order valence-corrected chi connectivity index (χ0v) is 7.29. The van der Waals surface area contributed by atoms with Crippen molar-refractivity contribution in [3.63, 3.8) is 0 Å². The van der Waals surface area contributed by atoms with Gasteiger partial charge in [-0.05, 0) is 17.0 Å². The number of rotatable bonds is 3. The molecule has 0 amide bonds. The maximum Gasteiger partial charge on any atom is 0.0713 e. The molecule has 0 fully saturated rings. The van der Waals surface area contributed by atoms with E-state index >= 15 is 0 Å². The van der Waals surface area contributed by atoms with E-state index in [1.54, 1.807) is 24.3 Å². The van der Waals surface area contributed by atoms with Crippen molar-refractivity contribution in [3.05, 3.63) is 35.4 Å². The lowest BCUT2D eigenvalue weighted by atomic mass is 10.0. The lowest BCUT2D eigenvalue weighted by molar-refractivity contribution is 0.185. The molecular formula is C11H16O. The van der Waals surface area contributed by atoms with Gasteiger partial charge >= 0.3 is 0 Å². The summed E-state index contributed by atoms with van der Waals surface area (Å²) in [5, 5.41) is 0. The predicted molar refractivity (Wildman–Crippen MR) is 51.2 cm³/mol. The summed E-state index contributed by atoms with van der Waals surface area (Å²) in [5.41, 5.74) is 1.27. The normalized spacial score (nSPS) is 19.1. The van der Waals surface area contributed by atoms with Crippen molar-refractivity contribution in [2.24, 2.45) is 0 Å². The van der Waals surface area contributed by atoms with Crippen LogP contribution in [0.4, 0.5) is 0 Å². The number of hydrogen-bond donors (Lipinski definition) is 0. The Morgan fingerprint density at radius 3 is 2.58 bits per heavy atom. The zero-order chi connectivity index (χ0) is 13.3. The van der Waals surface area contributed by atoms with Gasteiger partial charge in [-0.1, -0.05) is 38.1 Å². The fourth-order valence-corrected chi connectivity index (χ4v) is 0.995. The SMILES string of the molecule is [2H]C([2H])([2H])OC([2H])([2H])c1ccc(C(C)C)cc1. The molecule has 0 aromatic heterocycles.